The molecule has 1 aromatic carbocycles. The molecule has 1 aliphatic carbocycles. The van der Waals surface area contributed by atoms with Crippen molar-refractivity contribution in [3.63, 3.8) is 0 Å². The number of rotatable bonds is 5. The number of hydrogen-bond acceptors (Lipinski definition) is 10. The van der Waals surface area contributed by atoms with Crippen molar-refractivity contribution >= 4 is 34.9 Å². The van der Waals surface area contributed by atoms with E-state index in [-0.39, 0.29) is 65.0 Å². The number of amides is 2. The summed E-state index contributed by atoms with van der Waals surface area (Å²) in [5.41, 5.74) is -0.401. The number of aryl methyl sites for hydroxylation is 2. The predicted molar refractivity (Wildman–Crippen MR) is 182 cm³/mol. The smallest absolute Gasteiger partial charge is 0.416 e. The van der Waals surface area contributed by atoms with Crippen LogP contribution in [0.2, 0.25) is 5.02 Å². The van der Waals surface area contributed by atoms with Gasteiger partial charge in [0.15, 0.2) is 17.3 Å². The Bertz CT molecular complexity index is 2380. The zero-order valence-electron chi connectivity index (χ0n) is 28.4. The zero-order valence-corrected chi connectivity index (χ0v) is 29.2. The number of aromatic nitrogens is 8. The molecule has 276 valence electrons. The number of nitrogens with zero attached hydrogens (tertiary/aromatic N) is 9. The first-order chi connectivity index (χ1) is 25.3. The van der Waals surface area contributed by atoms with Gasteiger partial charge < -0.3 is 24.6 Å². The summed E-state index contributed by atoms with van der Waals surface area (Å²) >= 11 is 6.16. The molecule has 2 amide bonds. The topological polar surface area (TPSA) is 175 Å². The van der Waals surface area contributed by atoms with Gasteiger partial charge in [-0.1, -0.05) is 18.5 Å². The van der Waals surface area contributed by atoms with Crippen LogP contribution >= 0.6 is 11.6 Å². The molecule has 1 unspecified atom stereocenters. The minimum atomic E-state index is -4.62. The number of alkyl halides is 3. The van der Waals surface area contributed by atoms with E-state index in [0.29, 0.717) is 55.1 Å². The van der Waals surface area contributed by atoms with Gasteiger partial charge in [0.1, 0.15) is 18.4 Å². The maximum absolute atomic E-state index is 14.6. The number of ether oxygens (including phenoxy) is 1. The fourth-order valence-electron chi connectivity index (χ4n) is 7.85. The molecule has 2 aliphatic heterocycles. The van der Waals surface area contributed by atoms with Crippen LogP contribution in [0.1, 0.15) is 71.5 Å². The number of carbonyl (C=O) groups excluding carboxylic acids is 2. The third-order valence-corrected chi connectivity index (χ3v) is 10.7. The number of nitrogens with one attached hydrogen (secondary N) is 1. The second-order valence-corrected chi connectivity index (χ2v) is 14.1. The Balaban J connectivity index is 1.19. The Morgan fingerprint density at radius 2 is 1.94 bits per heavy atom. The Morgan fingerprint density at radius 1 is 1.17 bits per heavy atom. The van der Waals surface area contributed by atoms with E-state index in [1.54, 1.807) is 27.3 Å². The number of benzene rings is 1. The summed E-state index contributed by atoms with van der Waals surface area (Å²) in [5, 5.41) is 21.8. The highest BCUT2D eigenvalue weighted by atomic mass is 35.5. The molecular weight excluding hydrogens is 721 g/mol. The first-order valence-electron chi connectivity index (χ1n) is 16.9. The first-order valence-corrected chi connectivity index (χ1v) is 17.3. The molecule has 0 saturated carbocycles. The van der Waals surface area contributed by atoms with Crippen LogP contribution in [0.15, 0.2) is 35.5 Å². The van der Waals surface area contributed by atoms with Crippen LogP contribution in [0.5, 0.6) is 11.6 Å². The number of anilines is 1. The van der Waals surface area contributed by atoms with E-state index >= 15 is 0 Å². The SMILES string of the molecule is Cc1ncnc(C(=O)N2CCC3(CC2)CC(C)c2c3c(=O)n3nc(-c4cnn5c4OCCC5)nc3n2CC(=O)Nc2ccc(C(F)(F)F)cc2Cl)c1O. The average molecular weight is 753 g/mol. The number of likely N-dealkylation sites (tertiary alicyclic amines) is 1. The summed E-state index contributed by atoms with van der Waals surface area (Å²) in [6.07, 6.45) is 0.274. The van der Waals surface area contributed by atoms with Crippen molar-refractivity contribution in [1.82, 2.24) is 43.8 Å². The molecule has 4 aromatic heterocycles. The molecule has 1 fully saturated rings. The lowest BCUT2D eigenvalue weighted by Gasteiger charge is -2.39. The number of hydrogen-bond donors (Lipinski definition) is 2. The second-order valence-electron chi connectivity index (χ2n) is 13.7. The number of aromatic hydroxyl groups is 1. The summed E-state index contributed by atoms with van der Waals surface area (Å²) in [5.74, 6) is -0.897. The normalized spacial score (nSPS) is 17.8. The second kappa shape index (κ2) is 12.6. The molecule has 1 spiro atoms. The van der Waals surface area contributed by atoms with E-state index < -0.39 is 34.5 Å². The van der Waals surface area contributed by atoms with E-state index in [9.17, 15) is 32.7 Å². The Labute approximate surface area is 303 Å². The van der Waals surface area contributed by atoms with Crippen molar-refractivity contribution in [2.75, 3.05) is 25.0 Å². The summed E-state index contributed by atoms with van der Waals surface area (Å²) in [6, 6.07) is 2.65. The van der Waals surface area contributed by atoms with Gasteiger partial charge in [0.25, 0.3) is 11.5 Å². The molecule has 5 aromatic rings. The van der Waals surface area contributed by atoms with Gasteiger partial charge in [0, 0.05) is 42.7 Å². The molecule has 6 heterocycles. The van der Waals surface area contributed by atoms with Gasteiger partial charge in [-0.3, -0.25) is 14.4 Å². The number of carbonyl (C=O) groups is 2. The molecule has 15 nitrogen and oxygen atoms in total. The van der Waals surface area contributed by atoms with Crippen LogP contribution < -0.4 is 15.6 Å². The lowest BCUT2D eigenvalue weighted by Crippen LogP contribution is -2.46. The van der Waals surface area contributed by atoms with Gasteiger partial charge in [-0.2, -0.15) is 27.8 Å². The van der Waals surface area contributed by atoms with Gasteiger partial charge >= 0.3 is 6.18 Å². The fraction of sp³-hybridized carbons (Fsp3) is 0.412. The van der Waals surface area contributed by atoms with E-state index in [1.165, 1.54) is 10.8 Å². The third kappa shape index (κ3) is 5.75. The summed E-state index contributed by atoms with van der Waals surface area (Å²) < 4.78 is 50.2. The van der Waals surface area contributed by atoms with Crippen LogP contribution in [0, 0.1) is 6.92 Å². The van der Waals surface area contributed by atoms with Gasteiger partial charge in [-0.15, -0.1) is 5.10 Å². The Hall–Kier alpha value is -5.52. The monoisotopic (exact) mass is 752 g/mol. The summed E-state index contributed by atoms with van der Waals surface area (Å²) in [6.45, 7) is 4.78. The minimum Gasteiger partial charge on any atom is -0.504 e. The molecule has 8 rings (SSSR count). The number of halogens is 4. The summed E-state index contributed by atoms with van der Waals surface area (Å²) in [4.78, 5) is 55.9. The predicted octanol–water partition coefficient (Wildman–Crippen LogP) is 4.33. The van der Waals surface area contributed by atoms with E-state index in [1.807, 2.05) is 6.92 Å². The van der Waals surface area contributed by atoms with Crippen molar-refractivity contribution in [2.45, 2.75) is 70.1 Å². The zero-order chi connectivity index (χ0) is 37.4. The lowest BCUT2D eigenvalue weighted by atomic mass is 9.73. The van der Waals surface area contributed by atoms with Crippen molar-refractivity contribution in [1.29, 1.82) is 0 Å². The standard InChI is InChI=1S/C34H32ClF3N10O5/c1-17-13-33(6-9-45(10-7-33)30(52)25-27(50)18(2)39-16-40-25)24-26(17)46(15-23(49)42-22-5-4-19(12-21(22)35)34(36,37)38)32-43-28(44-48(32)29(24)51)20-14-41-47-8-3-11-53-31(20)47/h4-5,12,14,16-17,50H,3,6-11,13,15H2,1-2H3,(H,42,49). The van der Waals surface area contributed by atoms with Crippen molar-refractivity contribution in [3.05, 3.63) is 74.3 Å². The Kier molecular flexibility index (Phi) is 8.19. The molecule has 2 N–H and O–H groups in total. The van der Waals surface area contributed by atoms with E-state index in [2.05, 4.69) is 25.5 Å². The van der Waals surface area contributed by atoms with Gasteiger partial charge in [-0.25, -0.2) is 14.6 Å². The number of piperidine rings is 1. The molecule has 0 bridgehead atoms. The van der Waals surface area contributed by atoms with Crippen molar-refractivity contribution < 1.29 is 32.6 Å². The van der Waals surface area contributed by atoms with Crippen LogP contribution in [0.25, 0.3) is 17.2 Å². The van der Waals surface area contributed by atoms with Crippen molar-refractivity contribution in [3.8, 4) is 23.0 Å². The molecule has 0 radical (unpaired) electrons. The maximum atomic E-state index is 14.6. The highest BCUT2D eigenvalue weighted by molar-refractivity contribution is 6.33. The molecule has 53 heavy (non-hydrogen) atoms. The molecule has 1 saturated heterocycles. The fourth-order valence-corrected chi connectivity index (χ4v) is 8.08. The maximum Gasteiger partial charge on any atom is 0.416 e. The molecule has 1 atom stereocenters. The number of fused-ring (bicyclic) bond motifs is 4. The summed E-state index contributed by atoms with van der Waals surface area (Å²) in [7, 11) is 0. The van der Waals surface area contributed by atoms with Crippen LogP contribution in [-0.2, 0) is 29.5 Å². The lowest BCUT2D eigenvalue weighted by molar-refractivity contribution is -0.137. The first kappa shape index (κ1) is 34.6. The highest BCUT2D eigenvalue weighted by Crippen LogP contribution is 2.50. The van der Waals surface area contributed by atoms with E-state index in [0.717, 1.165) is 24.6 Å². The van der Waals surface area contributed by atoms with Gasteiger partial charge in [0.2, 0.25) is 17.6 Å². The molecule has 19 heteroatoms. The largest absolute Gasteiger partial charge is 0.504 e. The quantitative estimate of drug-likeness (QED) is 0.263. The molecular formula is C34H32ClF3N10O5. The van der Waals surface area contributed by atoms with Crippen LogP contribution in [0.3, 0.4) is 0 Å². The third-order valence-electron chi connectivity index (χ3n) is 10.4. The Morgan fingerprint density at radius 3 is 2.68 bits per heavy atom. The van der Waals surface area contributed by atoms with Crippen LogP contribution in [-0.4, -0.2) is 80.4 Å². The average Bonchev–Trinajstić information content (AvgIpc) is 3.83. The van der Waals surface area contributed by atoms with Crippen molar-refractivity contribution in [2.24, 2.45) is 0 Å². The van der Waals surface area contributed by atoms with Gasteiger partial charge in [0.05, 0.1) is 34.8 Å². The van der Waals surface area contributed by atoms with Gasteiger partial charge in [-0.05, 0) is 50.3 Å². The van der Waals surface area contributed by atoms with Crippen LogP contribution in [0.4, 0.5) is 18.9 Å². The van der Waals surface area contributed by atoms with E-state index in [4.69, 9.17) is 21.3 Å². The highest BCUT2D eigenvalue weighted by Gasteiger charge is 2.49. The molecule has 3 aliphatic rings. The minimum absolute atomic E-state index is 0.0179.